The molecular formula is C33H21N. The smallest absolute Gasteiger partial charge is 0.0576 e. The highest BCUT2D eigenvalue weighted by molar-refractivity contribution is 6.13. The van der Waals surface area contributed by atoms with Gasteiger partial charge in [0.1, 0.15) is 0 Å². The van der Waals surface area contributed by atoms with Gasteiger partial charge in [0.05, 0.1) is 11.0 Å². The standard InChI is InChI=1S/C33H21N/c1-3-9-24-19(6-1)16-29-25(24)13-12-21-15-23-17-28-26-10-5-8-22-14-20-7-2-4-11-30(20)34(33(22)26)31(28)18-27(23)32(21)29/h1-13,17-18H,14-16H2. The molecule has 0 bridgehead atoms. The molecule has 158 valence electrons. The third kappa shape index (κ3) is 1.98. The van der Waals surface area contributed by atoms with Crippen molar-refractivity contribution in [3.8, 4) is 27.9 Å². The van der Waals surface area contributed by atoms with E-state index < -0.39 is 0 Å². The maximum absolute atomic E-state index is 2.54. The Bertz CT molecular complexity index is 1880. The Morgan fingerprint density at radius 1 is 0.500 bits per heavy atom. The van der Waals surface area contributed by atoms with E-state index >= 15 is 0 Å². The molecule has 1 heteroatoms. The van der Waals surface area contributed by atoms with Gasteiger partial charge in [-0.1, -0.05) is 72.8 Å². The number of benzene rings is 5. The van der Waals surface area contributed by atoms with Gasteiger partial charge < -0.3 is 4.57 Å². The van der Waals surface area contributed by atoms with Crippen molar-refractivity contribution in [1.82, 2.24) is 4.57 Å². The van der Waals surface area contributed by atoms with Gasteiger partial charge in [-0.2, -0.15) is 0 Å². The lowest BCUT2D eigenvalue weighted by molar-refractivity contribution is 1.04. The summed E-state index contributed by atoms with van der Waals surface area (Å²) in [6.45, 7) is 0. The van der Waals surface area contributed by atoms with Gasteiger partial charge in [-0.15, -0.1) is 0 Å². The first-order chi connectivity index (χ1) is 16.8. The van der Waals surface area contributed by atoms with Crippen LogP contribution in [0.3, 0.4) is 0 Å². The van der Waals surface area contributed by atoms with Crippen LogP contribution in [0.1, 0.15) is 33.4 Å². The Labute approximate surface area is 197 Å². The molecule has 0 N–H and O–H groups in total. The third-order valence-corrected chi connectivity index (χ3v) is 8.43. The minimum atomic E-state index is 1.01. The van der Waals surface area contributed by atoms with Crippen LogP contribution in [0.15, 0.2) is 91.0 Å². The van der Waals surface area contributed by atoms with Crippen LogP contribution in [-0.2, 0) is 19.3 Å². The van der Waals surface area contributed by atoms with Crippen molar-refractivity contribution in [3.63, 3.8) is 0 Å². The zero-order chi connectivity index (χ0) is 22.0. The average Bonchev–Trinajstić information content (AvgIpc) is 3.53. The fourth-order valence-electron chi connectivity index (χ4n) is 7.03. The molecule has 2 aliphatic carbocycles. The van der Waals surface area contributed by atoms with Crippen LogP contribution in [0.25, 0.3) is 49.7 Å². The van der Waals surface area contributed by atoms with Crippen molar-refractivity contribution in [1.29, 1.82) is 0 Å². The molecule has 3 aliphatic rings. The van der Waals surface area contributed by atoms with Crippen LogP contribution in [0.5, 0.6) is 0 Å². The van der Waals surface area contributed by atoms with Crippen LogP contribution in [0.4, 0.5) is 0 Å². The Morgan fingerprint density at radius 3 is 2.29 bits per heavy atom. The second-order valence-corrected chi connectivity index (χ2v) is 10.1. The predicted molar refractivity (Wildman–Crippen MR) is 140 cm³/mol. The highest BCUT2D eigenvalue weighted by Gasteiger charge is 2.30. The number of nitrogens with zero attached hydrogens (tertiary/aromatic N) is 1. The van der Waals surface area contributed by atoms with Gasteiger partial charge in [0.25, 0.3) is 0 Å². The number of aromatic nitrogens is 1. The first-order valence-corrected chi connectivity index (χ1v) is 12.3. The van der Waals surface area contributed by atoms with Gasteiger partial charge in [-0.05, 0) is 86.7 Å². The third-order valence-electron chi connectivity index (χ3n) is 8.43. The van der Waals surface area contributed by atoms with E-state index in [-0.39, 0.29) is 0 Å². The summed E-state index contributed by atoms with van der Waals surface area (Å²) in [6.07, 6.45) is 3.09. The van der Waals surface area contributed by atoms with Crippen molar-refractivity contribution < 1.29 is 0 Å². The van der Waals surface area contributed by atoms with E-state index in [9.17, 15) is 0 Å². The van der Waals surface area contributed by atoms with Crippen LogP contribution >= 0.6 is 0 Å². The topological polar surface area (TPSA) is 4.93 Å². The summed E-state index contributed by atoms with van der Waals surface area (Å²) in [5.74, 6) is 0. The fourth-order valence-corrected chi connectivity index (χ4v) is 7.03. The normalized spacial score (nSPS) is 14.1. The van der Waals surface area contributed by atoms with Crippen molar-refractivity contribution in [2.75, 3.05) is 0 Å². The molecule has 1 aliphatic heterocycles. The van der Waals surface area contributed by atoms with Crippen LogP contribution in [0.2, 0.25) is 0 Å². The first kappa shape index (κ1) is 17.4. The van der Waals surface area contributed by atoms with Gasteiger partial charge >= 0.3 is 0 Å². The SMILES string of the molecule is c1ccc2c(c1)Cc1c-2ccc2c1-c1cc3c(cc1C2)c1cccc2c1n3-c1ccccc1C2. The van der Waals surface area contributed by atoms with Crippen LogP contribution in [0, 0.1) is 0 Å². The fraction of sp³-hybridized carbons (Fsp3) is 0.0909. The Balaban J connectivity index is 1.39. The molecule has 2 heterocycles. The van der Waals surface area contributed by atoms with Gasteiger partial charge in [0.15, 0.2) is 0 Å². The molecular weight excluding hydrogens is 410 g/mol. The molecule has 0 amide bonds. The van der Waals surface area contributed by atoms with E-state index in [1.807, 2.05) is 0 Å². The Hall–Kier alpha value is -4.10. The molecule has 34 heavy (non-hydrogen) atoms. The molecule has 0 unspecified atom stereocenters. The summed E-state index contributed by atoms with van der Waals surface area (Å²) in [6, 6.07) is 34.5. The summed E-state index contributed by atoms with van der Waals surface area (Å²) in [5, 5.41) is 2.78. The quantitative estimate of drug-likeness (QED) is 0.231. The minimum Gasteiger partial charge on any atom is -0.309 e. The molecule has 5 aromatic carbocycles. The van der Waals surface area contributed by atoms with E-state index in [2.05, 4.69) is 95.6 Å². The summed E-state index contributed by atoms with van der Waals surface area (Å²) in [7, 11) is 0. The zero-order valence-electron chi connectivity index (χ0n) is 18.7. The zero-order valence-corrected chi connectivity index (χ0v) is 18.7. The number of rotatable bonds is 0. The first-order valence-electron chi connectivity index (χ1n) is 12.3. The predicted octanol–water partition coefficient (Wildman–Crippen LogP) is 7.83. The number of hydrogen-bond donors (Lipinski definition) is 0. The molecule has 0 spiro atoms. The summed E-state index contributed by atoms with van der Waals surface area (Å²) in [5.41, 5.74) is 18.6. The van der Waals surface area contributed by atoms with Crippen molar-refractivity contribution in [2.45, 2.75) is 19.3 Å². The van der Waals surface area contributed by atoms with Crippen LogP contribution < -0.4 is 0 Å². The van der Waals surface area contributed by atoms with Gasteiger partial charge in [0.2, 0.25) is 0 Å². The average molecular weight is 432 g/mol. The Morgan fingerprint density at radius 2 is 1.32 bits per heavy atom. The van der Waals surface area contributed by atoms with E-state index in [1.165, 1.54) is 83.1 Å². The van der Waals surface area contributed by atoms with Crippen molar-refractivity contribution in [2.24, 2.45) is 0 Å². The van der Waals surface area contributed by atoms with Gasteiger partial charge in [0, 0.05) is 22.9 Å². The van der Waals surface area contributed by atoms with Gasteiger partial charge in [-0.3, -0.25) is 0 Å². The van der Waals surface area contributed by atoms with Crippen molar-refractivity contribution in [3.05, 3.63) is 124 Å². The largest absolute Gasteiger partial charge is 0.309 e. The lowest BCUT2D eigenvalue weighted by Crippen LogP contribution is -2.07. The highest BCUT2D eigenvalue weighted by Crippen LogP contribution is 2.50. The molecule has 0 atom stereocenters. The lowest BCUT2D eigenvalue weighted by atomic mass is 9.95. The minimum absolute atomic E-state index is 1.01. The number of hydrogen-bond acceptors (Lipinski definition) is 0. The van der Waals surface area contributed by atoms with E-state index in [4.69, 9.17) is 0 Å². The van der Waals surface area contributed by atoms with Crippen molar-refractivity contribution >= 4 is 21.8 Å². The number of fused-ring (bicyclic) bond motifs is 12. The molecule has 1 aromatic heterocycles. The molecule has 0 saturated carbocycles. The van der Waals surface area contributed by atoms with E-state index in [0.29, 0.717) is 0 Å². The molecule has 1 nitrogen and oxygen atoms in total. The molecule has 6 aromatic rings. The summed E-state index contributed by atoms with van der Waals surface area (Å²) >= 11 is 0. The molecule has 0 radical (unpaired) electrons. The second-order valence-electron chi connectivity index (χ2n) is 10.1. The molecule has 0 saturated heterocycles. The highest BCUT2D eigenvalue weighted by atomic mass is 15.0. The Kier molecular flexibility index (Phi) is 3.00. The van der Waals surface area contributed by atoms with E-state index in [0.717, 1.165) is 19.3 Å². The molecule has 0 fully saturated rings. The van der Waals surface area contributed by atoms with Crippen LogP contribution in [-0.4, -0.2) is 4.57 Å². The van der Waals surface area contributed by atoms with Gasteiger partial charge in [-0.25, -0.2) is 0 Å². The molecule has 9 rings (SSSR count). The summed E-state index contributed by atoms with van der Waals surface area (Å²) in [4.78, 5) is 0. The summed E-state index contributed by atoms with van der Waals surface area (Å²) < 4.78 is 2.54. The maximum Gasteiger partial charge on any atom is 0.0576 e. The lowest BCUT2D eigenvalue weighted by Gasteiger charge is -2.20. The second kappa shape index (κ2) is 5.87. The number of para-hydroxylation sites is 2. The maximum atomic E-state index is 2.54. The monoisotopic (exact) mass is 431 g/mol. The van der Waals surface area contributed by atoms with E-state index in [1.54, 1.807) is 0 Å².